The summed E-state index contributed by atoms with van der Waals surface area (Å²) in [5, 5.41) is 10.4. The van der Waals surface area contributed by atoms with Crippen molar-refractivity contribution in [1.29, 1.82) is 0 Å². The van der Waals surface area contributed by atoms with Gasteiger partial charge in [-0.25, -0.2) is 4.79 Å². The average molecular weight is 532 g/mol. The van der Waals surface area contributed by atoms with E-state index in [4.69, 9.17) is 11.6 Å². The second kappa shape index (κ2) is 11.4. The van der Waals surface area contributed by atoms with Crippen molar-refractivity contribution in [3.63, 3.8) is 0 Å². The molecule has 0 radical (unpaired) electrons. The van der Waals surface area contributed by atoms with E-state index in [0.717, 1.165) is 83.7 Å². The molecule has 1 aliphatic heterocycles. The molecule has 3 aromatic carbocycles. The zero-order valence-electron chi connectivity index (χ0n) is 22.2. The van der Waals surface area contributed by atoms with Gasteiger partial charge in [0.2, 0.25) is 0 Å². The number of aryl methyl sites for hydroxylation is 2. The van der Waals surface area contributed by atoms with Gasteiger partial charge in [0, 0.05) is 24.7 Å². The van der Waals surface area contributed by atoms with Gasteiger partial charge in [0.05, 0.1) is 12.2 Å². The van der Waals surface area contributed by atoms with E-state index in [1.54, 1.807) is 6.07 Å². The molecule has 2 aliphatic rings. The first kappa shape index (κ1) is 26.6. The minimum absolute atomic E-state index is 0.241. The number of alkyl halides is 1. The zero-order valence-corrected chi connectivity index (χ0v) is 23.0. The van der Waals surface area contributed by atoms with E-state index in [0.29, 0.717) is 17.9 Å². The number of allylic oxidation sites excluding steroid dienone is 1. The molecular formula is C33H35ClFNO2. The van der Waals surface area contributed by atoms with E-state index in [1.807, 2.05) is 19.1 Å². The summed E-state index contributed by atoms with van der Waals surface area (Å²) in [4.78, 5) is 14.0. The summed E-state index contributed by atoms with van der Waals surface area (Å²) in [5.41, 5.74) is 10.7. The smallest absolute Gasteiger partial charge is 0.335 e. The summed E-state index contributed by atoms with van der Waals surface area (Å²) in [7, 11) is 0. The number of carboxylic acids is 1. The molecule has 0 amide bonds. The lowest BCUT2D eigenvalue weighted by Gasteiger charge is -2.39. The number of nitrogens with zero attached hydrogens (tertiary/aromatic N) is 1. The van der Waals surface area contributed by atoms with Gasteiger partial charge < -0.3 is 10.0 Å². The number of aromatic carboxylic acids is 1. The van der Waals surface area contributed by atoms with Gasteiger partial charge in [0.25, 0.3) is 0 Å². The van der Waals surface area contributed by atoms with Crippen LogP contribution in [0.25, 0.3) is 11.1 Å². The quantitative estimate of drug-likeness (QED) is 0.322. The fourth-order valence-corrected chi connectivity index (χ4v) is 6.24. The molecule has 0 spiro atoms. The van der Waals surface area contributed by atoms with E-state index >= 15 is 0 Å². The Hall–Kier alpha value is -2.95. The van der Waals surface area contributed by atoms with Gasteiger partial charge in [-0.2, -0.15) is 0 Å². The van der Waals surface area contributed by atoms with Crippen LogP contribution in [0.3, 0.4) is 0 Å². The molecule has 3 nitrogen and oxygen atoms in total. The standard InChI is InChI=1S/C33H35ClFNO2/c1-21-7-13-28(22(2)32(21)34)30-6-3-5-26-18-27(33(37)38)12-14-29(26)31(30)25-10-8-23(9-11-25)17-24-19-36(20-24)16-4-15-35/h7-14,18,24H,3-6,15-17,19-20H2,1-2H3,(H,37,38). The van der Waals surface area contributed by atoms with Crippen LogP contribution in [0.1, 0.15) is 68.6 Å². The number of hydrogen-bond donors (Lipinski definition) is 1. The van der Waals surface area contributed by atoms with Crippen molar-refractivity contribution in [1.82, 2.24) is 4.90 Å². The van der Waals surface area contributed by atoms with Crippen LogP contribution >= 0.6 is 11.6 Å². The molecule has 0 atom stereocenters. The minimum atomic E-state index is -0.896. The predicted octanol–water partition coefficient (Wildman–Crippen LogP) is 7.78. The van der Waals surface area contributed by atoms with Gasteiger partial charge in [0.15, 0.2) is 0 Å². The monoisotopic (exact) mass is 531 g/mol. The summed E-state index contributed by atoms with van der Waals surface area (Å²) in [5.74, 6) is -0.270. The molecule has 3 aromatic rings. The molecule has 198 valence electrons. The van der Waals surface area contributed by atoms with Crippen LogP contribution in [0.15, 0.2) is 54.6 Å². The highest BCUT2D eigenvalue weighted by Crippen LogP contribution is 2.42. The number of likely N-dealkylation sites (tertiary alicyclic amines) is 1. The lowest BCUT2D eigenvalue weighted by molar-refractivity contribution is 0.0696. The predicted molar refractivity (Wildman–Crippen MR) is 154 cm³/mol. The molecule has 0 bridgehead atoms. The van der Waals surface area contributed by atoms with E-state index in [9.17, 15) is 14.3 Å². The highest BCUT2D eigenvalue weighted by atomic mass is 35.5. The normalized spacial score (nSPS) is 16.2. The molecule has 5 rings (SSSR count). The largest absolute Gasteiger partial charge is 0.478 e. The number of rotatable bonds is 8. The number of fused-ring (bicyclic) bond motifs is 1. The van der Waals surface area contributed by atoms with Crippen molar-refractivity contribution in [2.24, 2.45) is 5.92 Å². The fraction of sp³-hybridized carbons (Fsp3) is 0.364. The van der Waals surface area contributed by atoms with Crippen LogP contribution in [0.5, 0.6) is 0 Å². The Labute approximate surface area is 230 Å². The number of carbonyl (C=O) groups is 1. The number of hydrogen-bond acceptors (Lipinski definition) is 2. The van der Waals surface area contributed by atoms with Gasteiger partial charge >= 0.3 is 5.97 Å². The molecule has 1 saturated heterocycles. The summed E-state index contributed by atoms with van der Waals surface area (Å²) in [6.07, 6.45) is 4.33. The molecule has 5 heteroatoms. The maximum Gasteiger partial charge on any atom is 0.335 e. The van der Waals surface area contributed by atoms with Gasteiger partial charge in [-0.05, 0) is 114 Å². The molecule has 1 fully saturated rings. The van der Waals surface area contributed by atoms with Gasteiger partial charge in [0.1, 0.15) is 0 Å². The lowest BCUT2D eigenvalue weighted by Crippen LogP contribution is -2.47. The zero-order chi connectivity index (χ0) is 26.8. The molecule has 0 aromatic heterocycles. The van der Waals surface area contributed by atoms with Crippen molar-refractivity contribution in [3.05, 3.63) is 104 Å². The third kappa shape index (κ3) is 5.43. The highest BCUT2D eigenvalue weighted by molar-refractivity contribution is 6.32. The third-order valence-corrected chi connectivity index (χ3v) is 8.69. The molecule has 38 heavy (non-hydrogen) atoms. The van der Waals surface area contributed by atoms with Crippen LogP contribution in [0.4, 0.5) is 4.39 Å². The second-order valence-electron chi connectivity index (χ2n) is 10.8. The topological polar surface area (TPSA) is 40.5 Å². The summed E-state index contributed by atoms with van der Waals surface area (Å²) in [6, 6.07) is 18.7. The molecule has 0 unspecified atom stereocenters. The Morgan fingerprint density at radius 3 is 2.47 bits per heavy atom. The van der Waals surface area contributed by atoms with Crippen LogP contribution in [0, 0.1) is 19.8 Å². The lowest BCUT2D eigenvalue weighted by atomic mass is 9.85. The van der Waals surface area contributed by atoms with E-state index in [-0.39, 0.29) is 6.67 Å². The SMILES string of the molecule is Cc1ccc(C2=C(c3ccc(CC4CN(CCCF)C4)cc3)c3ccc(C(=O)O)cc3CCC2)c(C)c1Cl. The second-order valence-corrected chi connectivity index (χ2v) is 11.2. The van der Waals surface area contributed by atoms with Crippen molar-refractivity contribution in [2.75, 3.05) is 26.3 Å². The summed E-state index contributed by atoms with van der Waals surface area (Å²) in [6.45, 7) is 6.83. The fourth-order valence-electron chi connectivity index (χ4n) is 6.08. The Kier molecular flexibility index (Phi) is 8.01. The van der Waals surface area contributed by atoms with Gasteiger partial charge in [-0.15, -0.1) is 0 Å². The van der Waals surface area contributed by atoms with Crippen LogP contribution < -0.4 is 0 Å². The van der Waals surface area contributed by atoms with Crippen molar-refractivity contribution >= 4 is 28.7 Å². The van der Waals surface area contributed by atoms with Gasteiger partial charge in [-0.1, -0.05) is 54.1 Å². The van der Waals surface area contributed by atoms with Crippen LogP contribution in [-0.2, 0) is 12.8 Å². The number of carboxylic acid groups (broad SMARTS) is 1. The minimum Gasteiger partial charge on any atom is -0.478 e. The Morgan fingerprint density at radius 1 is 1.03 bits per heavy atom. The summed E-state index contributed by atoms with van der Waals surface area (Å²) < 4.78 is 12.5. The van der Waals surface area contributed by atoms with Crippen LogP contribution in [0.2, 0.25) is 5.02 Å². The third-order valence-electron chi connectivity index (χ3n) is 8.11. The molecular weight excluding hydrogens is 497 g/mol. The Morgan fingerprint density at radius 2 is 1.76 bits per heavy atom. The highest BCUT2D eigenvalue weighted by Gasteiger charge is 2.27. The first-order chi connectivity index (χ1) is 18.4. The van der Waals surface area contributed by atoms with E-state index in [2.05, 4.69) is 48.2 Å². The maximum absolute atomic E-state index is 12.5. The molecule has 1 aliphatic carbocycles. The first-order valence-electron chi connectivity index (χ1n) is 13.6. The van der Waals surface area contributed by atoms with Gasteiger partial charge in [-0.3, -0.25) is 4.39 Å². The maximum atomic E-state index is 12.5. The molecule has 1 N–H and O–H groups in total. The summed E-state index contributed by atoms with van der Waals surface area (Å²) >= 11 is 6.71. The first-order valence-corrected chi connectivity index (χ1v) is 14.0. The van der Waals surface area contributed by atoms with Crippen LogP contribution in [-0.4, -0.2) is 42.3 Å². The Bertz CT molecular complexity index is 1370. The number of halogens is 2. The Balaban J connectivity index is 1.53. The molecule has 1 heterocycles. The van der Waals surface area contributed by atoms with E-state index < -0.39 is 5.97 Å². The molecule has 0 saturated carbocycles. The average Bonchev–Trinajstić information content (AvgIpc) is 3.08. The van der Waals surface area contributed by atoms with Crippen molar-refractivity contribution in [2.45, 2.75) is 46.0 Å². The van der Waals surface area contributed by atoms with Crippen molar-refractivity contribution in [3.8, 4) is 0 Å². The van der Waals surface area contributed by atoms with E-state index in [1.165, 1.54) is 16.7 Å². The number of benzene rings is 3. The van der Waals surface area contributed by atoms with Crippen molar-refractivity contribution < 1.29 is 14.3 Å².